The zero-order valence-corrected chi connectivity index (χ0v) is 19.4. The van der Waals surface area contributed by atoms with E-state index in [1.807, 2.05) is 19.1 Å². The second-order valence-electron chi connectivity index (χ2n) is 8.11. The average molecular weight is 464 g/mol. The predicted octanol–water partition coefficient (Wildman–Crippen LogP) is 7.00. The molecule has 156 valence electrons. The van der Waals surface area contributed by atoms with Gasteiger partial charge in [0.2, 0.25) is 0 Å². The zero-order chi connectivity index (χ0) is 22.2. The van der Waals surface area contributed by atoms with Gasteiger partial charge in [0, 0.05) is 26.6 Å². The normalized spacial score (nSPS) is 11.6. The summed E-state index contributed by atoms with van der Waals surface area (Å²) in [4.78, 5) is 25.4. The highest BCUT2D eigenvalue weighted by Crippen LogP contribution is 2.33. The highest BCUT2D eigenvalue weighted by Gasteiger charge is 2.28. The van der Waals surface area contributed by atoms with Crippen molar-refractivity contribution >= 4 is 46.4 Å². The highest BCUT2D eigenvalue weighted by molar-refractivity contribution is 6.35. The van der Waals surface area contributed by atoms with E-state index in [9.17, 15) is 9.59 Å². The van der Waals surface area contributed by atoms with Crippen LogP contribution in [0.25, 0.3) is 16.9 Å². The Morgan fingerprint density at radius 1 is 0.967 bits per heavy atom. The van der Waals surface area contributed by atoms with Gasteiger partial charge in [-0.15, -0.1) is 0 Å². The van der Waals surface area contributed by atoms with Gasteiger partial charge in [-0.3, -0.25) is 9.59 Å². The van der Waals surface area contributed by atoms with Crippen LogP contribution in [0.2, 0.25) is 15.1 Å². The van der Waals surface area contributed by atoms with E-state index in [2.05, 4.69) is 5.10 Å². The number of carbonyl (C=O) groups excluding carboxylic acids is 2. The van der Waals surface area contributed by atoms with Gasteiger partial charge in [0.25, 0.3) is 0 Å². The molecule has 3 aromatic rings. The molecule has 0 aliphatic carbocycles. The van der Waals surface area contributed by atoms with Crippen LogP contribution in [-0.4, -0.2) is 21.3 Å². The number of nitrogens with zero attached hydrogens (tertiary/aromatic N) is 2. The van der Waals surface area contributed by atoms with Crippen molar-refractivity contribution in [2.24, 2.45) is 5.41 Å². The molecular weight excluding hydrogens is 443 g/mol. The third-order valence-electron chi connectivity index (χ3n) is 4.80. The van der Waals surface area contributed by atoms with E-state index in [1.54, 1.807) is 55.8 Å². The van der Waals surface area contributed by atoms with Crippen molar-refractivity contribution in [2.45, 2.75) is 34.1 Å². The molecule has 0 radical (unpaired) electrons. The van der Waals surface area contributed by atoms with Gasteiger partial charge in [0.1, 0.15) is 11.5 Å². The molecule has 0 N–H and O–H groups in total. The first-order valence-electron chi connectivity index (χ1n) is 9.36. The summed E-state index contributed by atoms with van der Waals surface area (Å²) in [6.07, 6.45) is -0.213. The summed E-state index contributed by atoms with van der Waals surface area (Å²) in [5, 5.41) is 6.04. The Labute approximate surface area is 190 Å². The molecule has 0 saturated heterocycles. The van der Waals surface area contributed by atoms with E-state index in [4.69, 9.17) is 34.8 Å². The lowest BCUT2D eigenvalue weighted by atomic mass is 9.87. The second-order valence-corrected chi connectivity index (χ2v) is 9.39. The Hall–Kier alpha value is -2.14. The van der Waals surface area contributed by atoms with Crippen LogP contribution in [0.5, 0.6) is 0 Å². The number of carbonyl (C=O) groups is 2. The fourth-order valence-corrected chi connectivity index (χ4v) is 3.64. The van der Waals surface area contributed by atoms with E-state index in [-0.39, 0.29) is 23.7 Å². The van der Waals surface area contributed by atoms with Crippen LogP contribution in [0.1, 0.15) is 43.2 Å². The molecule has 2 aromatic carbocycles. The molecule has 4 nitrogen and oxygen atoms in total. The van der Waals surface area contributed by atoms with E-state index in [1.165, 1.54) is 0 Å². The summed E-state index contributed by atoms with van der Waals surface area (Å²) in [7, 11) is 0. The lowest BCUT2D eigenvalue weighted by Crippen LogP contribution is -2.23. The molecule has 0 saturated carbocycles. The van der Waals surface area contributed by atoms with Crippen molar-refractivity contribution in [1.29, 1.82) is 0 Å². The lowest BCUT2D eigenvalue weighted by molar-refractivity contribution is -0.125. The number of hydrogen-bond donors (Lipinski definition) is 0. The van der Waals surface area contributed by atoms with Gasteiger partial charge in [-0.1, -0.05) is 67.7 Å². The van der Waals surface area contributed by atoms with Crippen LogP contribution in [0.15, 0.2) is 42.5 Å². The maximum absolute atomic E-state index is 13.0. The molecule has 0 fully saturated rings. The highest BCUT2D eigenvalue weighted by atomic mass is 35.5. The number of halogens is 3. The minimum Gasteiger partial charge on any atom is -0.299 e. The smallest absolute Gasteiger partial charge is 0.190 e. The van der Waals surface area contributed by atoms with Gasteiger partial charge < -0.3 is 0 Å². The number of Topliss-reactive ketones (excluding diaryl/α,β-unsaturated/α-hetero) is 2. The number of ketones is 2. The maximum atomic E-state index is 13.0. The van der Waals surface area contributed by atoms with Crippen molar-refractivity contribution in [3.63, 3.8) is 0 Å². The summed E-state index contributed by atoms with van der Waals surface area (Å²) in [6.45, 7) is 7.19. The Morgan fingerprint density at radius 3 is 2.13 bits per heavy atom. The van der Waals surface area contributed by atoms with Crippen molar-refractivity contribution < 1.29 is 9.59 Å². The standard InChI is InChI=1S/C23H21Cl3N2O2/c1-13-21(19(29)12-20(30)23(2,3)4)27-28(18-10-9-16(25)11-17(18)26)22(13)14-5-7-15(24)8-6-14/h5-11H,12H2,1-4H3. The molecule has 0 aliphatic heterocycles. The van der Waals surface area contributed by atoms with Gasteiger partial charge in [-0.25, -0.2) is 4.68 Å². The second kappa shape index (κ2) is 8.54. The fraction of sp³-hybridized carbons (Fsp3) is 0.261. The van der Waals surface area contributed by atoms with Gasteiger partial charge in [-0.2, -0.15) is 5.10 Å². The summed E-state index contributed by atoms with van der Waals surface area (Å²) in [5.74, 6) is -0.467. The number of aromatic nitrogens is 2. The van der Waals surface area contributed by atoms with Crippen LogP contribution in [-0.2, 0) is 4.79 Å². The first-order chi connectivity index (χ1) is 14.0. The van der Waals surface area contributed by atoms with Gasteiger partial charge in [0.15, 0.2) is 5.78 Å². The molecule has 30 heavy (non-hydrogen) atoms. The minimum atomic E-state index is -0.607. The average Bonchev–Trinajstić information content (AvgIpc) is 2.98. The third kappa shape index (κ3) is 4.61. The number of rotatable bonds is 5. The van der Waals surface area contributed by atoms with E-state index in [0.717, 1.165) is 5.56 Å². The molecule has 3 rings (SSSR count). The van der Waals surface area contributed by atoms with Gasteiger partial charge in [-0.05, 0) is 37.3 Å². The first-order valence-corrected chi connectivity index (χ1v) is 10.5. The minimum absolute atomic E-state index is 0.140. The van der Waals surface area contributed by atoms with Crippen LogP contribution >= 0.6 is 34.8 Å². The lowest BCUT2D eigenvalue weighted by Gasteiger charge is -2.15. The fourth-order valence-electron chi connectivity index (χ4n) is 3.03. The Balaban J connectivity index is 2.18. The topological polar surface area (TPSA) is 52.0 Å². The van der Waals surface area contributed by atoms with Gasteiger partial charge >= 0.3 is 0 Å². The predicted molar refractivity (Wildman–Crippen MR) is 122 cm³/mol. The summed E-state index contributed by atoms with van der Waals surface area (Å²) < 4.78 is 1.62. The van der Waals surface area contributed by atoms with E-state index >= 15 is 0 Å². The first kappa shape index (κ1) is 22.5. The Morgan fingerprint density at radius 2 is 1.57 bits per heavy atom. The molecule has 0 amide bonds. The van der Waals surface area contributed by atoms with E-state index < -0.39 is 5.41 Å². The molecule has 0 spiro atoms. The van der Waals surface area contributed by atoms with Crippen LogP contribution in [0, 0.1) is 12.3 Å². The third-order valence-corrected chi connectivity index (χ3v) is 5.59. The van der Waals surface area contributed by atoms with Crippen molar-refractivity contribution in [3.05, 3.63) is 68.8 Å². The van der Waals surface area contributed by atoms with Crippen LogP contribution < -0.4 is 0 Å². The maximum Gasteiger partial charge on any atom is 0.190 e. The summed E-state index contributed by atoms with van der Waals surface area (Å²) >= 11 is 18.5. The largest absolute Gasteiger partial charge is 0.299 e. The molecule has 7 heteroatoms. The number of benzene rings is 2. The summed E-state index contributed by atoms with van der Waals surface area (Å²) in [5.41, 5.74) is 2.39. The monoisotopic (exact) mass is 462 g/mol. The Bertz CT molecular complexity index is 1130. The molecule has 0 unspecified atom stereocenters. The molecule has 1 heterocycles. The quantitative estimate of drug-likeness (QED) is 0.302. The van der Waals surface area contributed by atoms with E-state index in [0.29, 0.717) is 32.0 Å². The van der Waals surface area contributed by atoms with Crippen molar-refractivity contribution in [2.75, 3.05) is 0 Å². The Kier molecular flexibility index (Phi) is 6.42. The molecular formula is C23H21Cl3N2O2. The SMILES string of the molecule is Cc1c(C(=O)CC(=O)C(C)(C)C)nn(-c2ccc(Cl)cc2Cl)c1-c1ccc(Cl)cc1. The van der Waals surface area contributed by atoms with Crippen molar-refractivity contribution in [3.8, 4) is 16.9 Å². The summed E-state index contributed by atoms with van der Waals surface area (Å²) in [6, 6.07) is 12.3. The van der Waals surface area contributed by atoms with Crippen LogP contribution in [0.4, 0.5) is 0 Å². The van der Waals surface area contributed by atoms with Crippen LogP contribution in [0.3, 0.4) is 0 Å². The molecule has 0 atom stereocenters. The molecule has 1 aromatic heterocycles. The van der Waals surface area contributed by atoms with Crippen molar-refractivity contribution in [1.82, 2.24) is 9.78 Å². The molecule has 0 bridgehead atoms. The zero-order valence-electron chi connectivity index (χ0n) is 17.1. The molecule has 0 aliphatic rings. The van der Waals surface area contributed by atoms with Gasteiger partial charge in [0.05, 0.1) is 22.8 Å². The number of hydrogen-bond acceptors (Lipinski definition) is 3.